The van der Waals surface area contributed by atoms with Crippen LogP contribution in [0.25, 0.3) is 0 Å². The Morgan fingerprint density at radius 2 is 2.40 bits per heavy atom. The predicted octanol–water partition coefficient (Wildman–Crippen LogP) is 2.68. The quantitative estimate of drug-likeness (QED) is 0.771. The van der Waals surface area contributed by atoms with Crippen LogP contribution in [0.4, 0.5) is 5.69 Å². The summed E-state index contributed by atoms with van der Waals surface area (Å²) >= 11 is 3.34. The third-order valence-electron chi connectivity index (χ3n) is 1.14. The number of anilines is 1. The summed E-state index contributed by atoms with van der Waals surface area (Å²) in [5.74, 6) is 0. The predicted molar refractivity (Wildman–Crippen MR) is 47.1 cm³/mol. The maximum atomic E-state index is 3.34. The Morgan fingerprint density at radius 3 is 2.90 bits per heavy atom. The molecule has 1 rings (SSSR count). The van der Waals surface area contributed by atoms with Crippen LogP contribution in [-0.4, -0.2) is 6.54 Å². The van der Waals surface area contributed by atoms with Gasteiger partial charge < -0.3 is 5.32 Å². The van der Waals surface area contributed by atoms with Crippen molar-refractivity contribution in [3.05, 3.63) is 28.7 Å². The van der Waals surface area contributed by atoms with Gasteiger partial charge in [-0.2, -0.15) is 0 Å². The van der Waals surface area contributed by atoms with Gasteiger partial charge in [-0.15, -0.1) is 0 Å². The lowest BCUT2D eigenvalue weighted by molar-refractivity contribution is 1.21. The van der Waals surface area contributed by atoms with Crippen LogP contribution in [-0.2, 0) is 0 Å². The lowest BCUT2D eigenvalue weighted by Gasteiger charge is -2.00. The van der Waals surface area contributed by atoms with Crippen molar-refractivity contribution in [2.75, 3.05) is 11.9 Å². The average molecular weight is 199 g/mol. The first kappa shape index (κ1) is 7.61. The molecule has 0 spiro atoms. The molecule has 2 heteroatoms. The summed E-state index contributed by atoms with van der Waals surface area (Å²) in [5, 5.41) is 3.16. The third kappa shape index (κ3) is 2.03. The Balaban J connectivity index is 2.69. The van der Waals surface area contributed by atoms with Crippen molar-refractivity contribution in [2.24, 2.45) is 0 Å². The Morgan fingerprint density at radius 1 is 1.60 bits per heavy atom. The van der Waals surface area contributed by atoms with Crippen molar-refractivity contribution >= 4 is 21.6 Å². The minimum absolute atomic E-state index is 0.943. The largest absolute Gasteiger partial charge is 0.385 e. The lowest BCUT2D eigenvalue weighted by atomic mass is 10.3. The monoisotopic (exact) mass is 198 g/mol. The van der Waals surface area contributed by atoms with Gasteiger partial charge in [0.1, 0.15) is 0 Å². The van der Waals surface area contributed by atoms with Crippen molar-refractivity contribution in [1.82, 2.24) is 0 Å². The highest BCUT2D eigenvalue weighted by molar-refractivity contribution is 9.10. The fourth-order valence-electron chi connectivity index (χ4n) is 0.706. The van der Waals surface area contributed by atoms with E-state index in [1.54, 1.807) is 0 Å². The molecular formula is C8H9BrN. The zero-order valence-corrected chi connectivity index (χ0v) is 7.40. The first-order valence-electron chi connectivity index (χ1n) is 3.24. The van der Waals surface area contributed by atoms with Crippen LogP contribution in [0.15, 0.2) is 22.7 Å². The standard InChI is InChI=1S/C8H9BrN/c1-2-10-8-5-3-7(9)4-6-8/h3-5,10H,2H2,1H3. The number of rotatable bonds is 2. The molecule has 0 aliphatic carbocycles. The highest BCUT2D eigenvalue weighted by atomic mass is 79.9. The summed E-state index contributed by atoms with van der Waals surface area (Å²) in [6.07, 6.45) is 0. The van der Waals surface area contributed by atoms with Crippen molar-refractivity contribution in [3.8, 4) is 0 Å². The molecule has 0 aliphatic heterocycles. The first-order chi connectivity index (χ1) is 4.83. The maximum Gasteiger partial charge on any atom is 0.0421 e. The summed E-state index contributed by atoms with van der Waals surface area (Å²) in [6, 6.07) is 8.97. The van der Waals surface area contributed by atoms with E-state index >= 15 is 0 Å². The van der Waals surface area contributed by atoms with Gasteiger partial charge in [-0.25, -0.2) is 0 Å². The molecule has 0 amide bonds. The van der Waals surface area contributed by atoms with Gasteiger partial charge in [0.25, 0.3) is 0 Å². The normalized spacial score (nSPS) is 9.40. The van der Waals surface area contributed by atoms with Crippen molar-refractivity contribution < 1.29 is 0 Å². The van der Waals surface area contributed by atoms with E-state index in [-0.39, 0.29) is 0 Å². The molecule has 0 aromatic heterocycles. The summed E-state index contributed by atoms with van der Waals surface area (Å²) in [4.78, 5) is 0. The second kappa shape index (κ2) is 3.62. The SMILES string of the molecule is CCNc1[c]cc(Br)cc1. The molecule has 0 fully saturated rings. The van der Waals surface area contributed by atoms with E-state index < -0.39 is 0 Å². The van der Waals surface area contributed by atoms with Gasteiger partial charge in [0, 0.05) is 22.8 Å². The van der Waals surface area contributed by atoms with Gasteiger partial charge in [-0.1, -0.05) is 15.9 Å². The van der Waals surface area contributed by atoms with Crippen LogP contribution in [0.1, 0.15) is 6.92 Å². The average Bonchev–Trinajstić information content (AvgIpc) is 1.95. The van der Waals surface area contributed by atoms with E-state index in [0.29, 0.717) is 0 Å². The molecule has 0 unspecified atom stereocenters. The van der Waals surface area contributed by atoms with Gasteiger partial charge >= 0.3 is 0 Å². The van der Waals surface area contributed by atoms with E-state index in [4.69, 9.17) is 0 Å². The lowest BCUT2D eigenvalue weighted by Crippen LogP contribution is -1.95. The summed E-state index contributed by atoms with van der Waals surface area (Å²) in [6.45, 7) is 3.01. The second-order valence-corrected chi connectivity index (χ2v) is 2.87. The minimum Gasteiger partial charge on any atom is -0.385 e. The minimum atomic E-state index is 0.943. The number of halogens is 1. The molecule has 0 saturated carbocycles. The number of hydrogen-bond acceptors (Lipinski definition) is 1. The molecule has 0 saturated heterocycles. The van der Waals surface area contributed by atoms with Gasteiger partial charge in [0.05, 0.1) is 0 Å². The fourth-order valence-corrected chi connectivity index (χ4v) is 0.953. The van der Waals surface area contributed by atoms with Crippen LogP contribution >= 0.6 is 15.9 Å². The molecule has 0 atom stereocenters. The van der Waals surface area contributed by atoms with E-state index in [1.165, 1.54) is 0 Å². The van der Waals surface area contributed by atoms with E-state index in [2.05, 4.69) is 34.2 Å². The van der Waals surface area contributed by atoms with Crippen molar-refractivity contribution in [1.29, 1.82) is 0 Å². The Kier molecular flexibility index (Phi) is 2.75. The number of benzene rings is 1. The molecule has 0 bridgehead atoms. The molecule has 53 valence electrons. The summed E-state index contributed by atoms with van der Waals surface area (Å²) in [7, 11) is 0. The van der Waals surface area contributed by atoms with E-state index in [9.17, 15) is 0 Å². The Hall–Kier alpha value is -0.500. The molecule has 0 heterocycles. The highest BCUT2D eigenvalue weighted by Crippen LogP contribution is 2.12. The van der Waals surface area contributed by atoms with Gasteiger partial charge in [0.2, 0.25) is 0 Å². The van der Waals surface area contributed by atoms with E-state index in [1.807, 2.05) is 18.2 Å². The van der Waals surface area contributed by atoms with Crippen LogP contribution in [0.5, 0.6) is 0 Å². The summed E-state index contributed by atoms with van der Waals surface area (Å²) < 4.78 is 1.06. The topological polar surface area (TPSA) is 12.0 Å². The van der Waals surface area contributed by atoms with Crippen LogP contribution < -0.4 is 5.32 Å². The molecule has 1 aromatic carbocycles. The van der Waals surface area contributed by atoms with Gasteiger partial charge in [-0.3, -0.25) is 0 Å². The third-order valence-corrected chi connectivity index (χ3v) is 1.64. The van der Waals surface area contributed by atoms with Crippen LogP contribution in [0, 0.1) is 6.07 Å². The smallest absolute Gasteiger partial charge is 0.0421 e. The van der Waals surface area contributed by atoms with Crippen molar-refractivity contribution in [3.63, 3.8) is 0 Å². The maximum absolute atomic E-state index is 3.34. The molecular weight excluding hydrogens is 190 g/mol. The molecule has 1 radical (unpaired) electrons. The number of nitrogens with one attached hydrogen (secondary N) is 1. The first-order valence-corrected chi connectivity index (χ1v) is 4.03. The molecule has 0 aliphatic rings. The Labute approximate surface area is 69.6 Å². The zero-order chi connectivity index (χ0) is 7.40. The highest BCUT2D eigenvalue weighted by Gasteiger charge is 1.87. The molecule has 1 aromatic rings. The molecule has 1 N–H and O–H groups in total. The van der Waals surface area contributed by atoms with Crippen molar-refractivity contribution in [2.45, 2.75) is 6.92 Å². The zero-order valence-electron chi connectivity index (χ0n) is 5.82. The Bertz CT molecular complexity index is 193. The van der Waals surface area contributed by atoms with Gasteiger partial charge in [0.15, 0.2) is 0 Å². The molecule has 10 heavy (non-hydrogen) atoms. The van der Waals surface area contributed by atoms with E-state index in [0.717, 1.165) is 16.7 Å². The fraction of sp³-hybridized carbons (Fsp3) is 0.250. The molecule has 1 nitrogen and oxygen atoms in total. The van der Waals surface area contributed by atoms with Crippen LogP contribution in [0.2, 0.25) is 0 Å². The second-order valence-electron chi connectivity index (χ2n) is 1.95. The number of hydrogen-bond donors (Lipinski definition) is 1. The van der Waals surface area contributed by atoms with Crippen LogP contribution in [0.3, 0.4) is 0 Å². The summed E-state index contributed by atoms with van der Waals surface area (Å²) in [5.41, 5.74) is 1.05. The van der Waals surface area contributed by atoms with Gasteiger partial charge in [-0.05, 0) is 25.1 Å².